The number of carbonyl (C=O) groups excluding carboxylic acids is 1. The van der Waals surface area contributed by atoms with Gasteiger partial charge in [-0.05, 0) is 18.4 Å². The van der Waals surface area contributed by atoms with Crippen LogP contribution in [0.2, 0.25) is 0 Å². The second-order valence-corrected chi connectivity index (χ2v) is 6.73. The standard InChI is InChI=1S/C18H23NO3/c1-11(2)13-10-22-17(19-13)18(3)14(15(18)16(20)21-4)12-8-6-5-7-9-12/h5-9,11,13-15H,10H2,1-4H3/t13-,14+,15-,18+/m1/s1. The van der Waals surface area contributed by atoms with Crippen molar-refractivity contribution in [3.8, 4) is 0 Å². The highest BCUT2D eigenvalue weighted by molar-refractivity contribution is 5.97. The Kier molecular flexibility index (Phi) is 3.71. The number of rotatable bonds is 4. The predicted octanol–water partition coefficient (Wildman–Crippen LogP) is 3.03. The number of nitrogens with zero attached hydrogens (tertiary/aromatic N) is 1. The molecule has 0 aromatic heterocycles. The van der Waals surface area contributed by atoms with Crippen molar-refractivity contribution in [3.05, 3.63) is 35.9 Å². The molecule has 1 fully saturated rings. The van der Waals surface area contributed by atoms with Gasteiger partial charge in [0.05, 0.1) is 24.5 Å². The van der Waals surface area contributed by atoms with E-state index >= 15 is 0 Å². The van der Waals surface area contributed by atoms with E-state index in [-0.39, 0.29) is 23.8 Å². The first-order valence-electron chi connectivity index (χ1n) is 7.84. The maximum atomic E-state index is 12.2. The Labute approximate surface area is 131 Å². The van der Waals surface area contributed by atoms with Crippen LogP contribution in [0.5, 0.6) is 0 Å². The predicted molar refractivity (Wildman–Crippen MR) is 84.8 cm³/mol. The molecule has 0 saturated heterocycles. The summed E-state index contributed by atoms with van der Waals surface area (Å²) in [6.45, 7) is 6.95. The molecule has 22 heavy (non-hydrogen) atoms. The lowest BCUT2D eigenvalue weighted by Gasteiger charge is -2.11. The van der Waals surface area contributed by atoms with Gasteiger partial charge in [-0.15, -0.1) is 0 Å². The highest BCUT2D eigenvalue weighted by Crippen LogP contribution is 2.66. The van der Waals surface area contributed by atoms with E-state index < -0.39 is 5.41 Å². The van der Waals surface area contributed by atoms with Crippen molar-refractivity contribution in [2.24, 2.45) is 22.2 Å². The molecule has 1 saturated carbocycles. The quantitative estimate of drug-likeness (QED) is 0.803. The van der Waals surface area contributed by atoms with Gasteiger partial charge in [-0.2, -0.15) is 0 Å². The number of methoxy groups -OCH3 is 1. The summed E-state index contributed by atoms with van der Waals surface area (Å²) in [6, 6.07) is 10.3. The fraction of sp³-hybridized carbons (Fsp3) is 0.556. The highest BCUT2D eigenvalue weighted by atomic mass is 16.5. The number of benzene rings is 1. The van der Waals surface area contributed by atoms with Crippen LogP contribution in [0, 0.1) is 17.3 Å². The molecule has 1 aromatic carbocycles. The van der Waals surface area contributed by atoms with E-state index in [0.29, 0.717) is 12.5 Å². The van der Waals surface area contributed by atoms with Crippen molar-refractivity contribution in [3.63, 3.8) is 0 Å². The Morgan fingerprint density at radius 2 is 2.05 bits per heavy atom. The van der Waals surface area contributed by atoms with Crippen molar-refractivity contribution < 1.29 is 14.3 Å². The summed E-state index contributed by atoms with van der Waals surface area (Å²) in [5.74, 6) is 0.827. The highest BCUT2D eigenvalue weighted by Gasteiger charge is 2.70. The second-order valence-electron chi connectivity index (χ2n) is 6.73. The van der Waals surface area contributed by atoms with E-state index in [1.165, 1.54) is 7.11 Å². The van der Waals surface area contributed by atoms with E-state index in [4.69, 9.17) is 14.5 Å². The molecule has 1 aromatic rings. The molecule has 1 aliphatic carbocycles. The minimum absolute atomic E-state index is 0.0748. The van der Waals surface area contributed by atoms with Gasteiger partial charge in [0.1, 0.15) is 6.61 Å². The normalized spacial score (nSPS) is 33.3. The molecule has 0 N–H and O–H groups in total. The van der Waals surface area contributed by atoms with Gasteiger partial charge in [-0.1, -0.05) is 44.2 Å². The number of hydrogen-bond donors (Lipinski definition) is 0. The summed E-state index contributed by atoms with van der Waals surface area (Å²) < 4.78 is 10.9. The van der Waals surface area contributed by atoms with Gasteiger partial charge < -0.3 is 9.47 Å². The van der Waals surface area contributed by atoms with Crippen LogP contribution < -0.4 is 0 Å². The average Bonchev–Trinajstić information content (AvgIpc) is 2.91. The monoisotopic (exact) mass is 301 g/mol. The largest absolute Gasteiger partial charge is 0.478 e. The lowest BCUT2D eigenvalue weighted by atomic mass is 10.0. The molecule has 4 nitrogen and oxygen atoms in total. The van der Waals surface area contributed by atoms with Gasteiger partial charge in [-0.25, -0.2) is 4.99 Å². The van der Waals surface area contributed by atoms with E-state index in [9.17, 15) is 4.79 Å². The SMILES string of the molecule is COC(=O)[C@H]1[C@H](c2ccccc2)[C@]1(C)C1=N[C@@H](C(C)C)CO1. The van der Waals surface area contributed by atoms with Crippen LogP contribution in [0.15, 0.2) is 35.3 Å². The van der Waals surface area contributed by atoms with Crippen LogP contribution in [0.3, 0.4) is 0 Å². The molecule has 0 spiro atoms. The summed E-state index contributed by atoms with van der Waals surface area (Å²) in [6.07, 6.45) is 0. The zero-order valence-corrected chi connectivity index (χ0v) is 13.6. The summed E-state index contributed by atoms with van der Waals surface area (Å²) in [4.78, 5) is 17.0. The van der Waals surface area contributed by atoms with Gasteiger partial charge in [0.2, 0.25) is 0 Å². The molecule has 1 heterocycles. The average molecular weight is 301 g/mol. The summed E-state index contributed by atoms with van der Waals surface area (Å²) in [5, 5.41) is 0. The number of hydrogen-bond acceptors (Lipinski definition) is 4. The maximum absolute atomic E-state index is 12.2. The number of esters is 1. The van der Waals surface area contributed by atoms with Crippen LogP contribution in [0.1, 0.15) is 32.3 Å². The van der Waals surface area contributed by atoms with Gasteiger partial charge in [0.15, 0.2) is 5.90 Å². The first-order valence-corrected chi connectivity index (χ1v) is 7.84. The molecule has 4 heteroatoms. The molecular weight excluding hydrogens is 278 g/mol. The molecular formula is C18H23NO3. The van der Waals surface area contributed by atoms with Crippen molar-refractivity contribution in [2.45, 2.75) is 32.7 Å². The fourth-order valence-electron chi connectivity index (χ4n) is 3.51. The summed E-state index contributed by atoms with van der Waals surface area (Å²) in [5.41, 5.74) is 0.748. The van der Waals surface area contributed by atoms with Gasteiger partial charge in [-0.3, -0.25) is 4.79 Å². The molecule has 0 radical (unpaired) electrons. The number of aliphatic imine (C=N–C) groups is 1. The lowest BCUT2D eigenvalue weighted by Crippen LogP contribution is -2.19. The summed E-state index contributed by atoms with van der Waals surface area (Å²) >= 11 is 0. The van der Waals surface area contributed by atoms with Gasteiger partial charge >= 0.3 is 5.97 Å². The molecule has 0 unspecified atom stereocenters. The molecule has 3 rings (SSSR count). The minimum Gasteiger partial charge on any atom is -0.478 e. The molecule has 2 aliphatic rings. The maximum Gasteiger partial charge on any atom is 0.310 e. The second kappa shape index (κ2) is 5.41. The Balaban J connectivity index is 1.93. The third kappa shape index (κ3) is 2.21. The number of carbonyl (C=O) groups is 1. The van der Waals surface area contributed by atoms with Gasteiger partial charge in [0, 0.05) is 5.92 Å². The zero-order valence-electron chi connectivity index (χ0n) is 13.6. The zero-order chi connectivity index (χ0) is 15.9. The Bertz CT molecular complexity index is 596. The third-order valence-corrected chi connectivity index (χ3v) is 5.03. The fourth-order valence-corrected chi connectivity index (χ4v) is 3.51. The first kappa shape index (κ1) is 15.1. The van der Waals surface area contributed by atoms with E-state index in [1.54, 1.807) is 0 Å². The molecule has 0 bridgehead atoms. The Morgan fingerprint density at radius 1 is 1.36 bits per heavy atom. The molecule has 0 amide bonds. The lowest BCUT2D eigenvalue weighted by molar-refractivity contribution is -0.142. The Morgan fingerprint density at radius 3 is 2.59 bits per heavy atom. The first-order chi connectivity index (χ1) is 10.5. The number of ether oxygens (including phenoxy) is 2. The van der Waals surface area contributed by atoms with Crippen LogP contribution >= 0.6 is 0 Å². The van der Waals surface area contributed by atoms with Crippen molar-refractivity contribution >= 4 is 11.9 Å². The molecule has 4 atom stereocenters. The van der Waals surface area contributed by atoms with E-state index in [2.05, 4.69) is 32.9 Å². The third-order valence-electron chi connectivity index (χ3n) is 5.03. The van der Waals surface area contributed by atoms with E-state index in [1.807, 2.05) is 18.2 Å². The topological polar surface area (TPSA) is 47.9 Å². The van der Waals surface area contributed by atoms with Crippen LogP contribution in [0.4, 0.5) is 0 Å². The minimum atomic E-state index is -0.391. The molecule has 118 valence electrons. The summed E-state index contributed by atoms with van der Waals surface area (Å²) in [7, 11) is 1.44. The van der Waals surface area contributed by atoms with Crippen molar-refractivity contribution in [1.82, 2.24) is 0 Å². The van der Waals surface area contributed by atoms with Crippen molar-refractivity contribution in [1.29, 1.82) is 0 Å². The molecule has 1 aliphatic heterocycles. The van der Waals surface area contributed by atoms with Crippen LogP contribution in [-0.2, 0) is 14.3 Å². The van der Waals surface area contributed by atoms with E-state index in [0.717, 1.165) is 11.5 Å². The van der Waals surface area contributed by atoms with Crippen LogP contribution in [-0.4, -0.2) is 31.6 Å². The smallest absolute Gasteiger partial charge is 0.310 e. The van der Waals surface area contributed by atoms with Gasteiger partial charge in [0.25, 0.3) is 0 Å². The van der Waals surface area contributed by atoms with Crippen molar-refractivity contribution in [2.75, 3.05) is 13.7 Å². The van der Waals surface area contributed by atoms with Crippen LogP contribution in [0.25, 0.3) is 0 Å². The Hall–Kier alpha value is -1.84.